The summed E-state index contributed by atoms with van der Waals surface area (Å²) in [6, 6.07) is 20.3. The molecule has 0 bridgehead atoms. The maximum Gasteiger partial charge on any atom is 0.225 e. The van der Waals surface area contributed by atoms with E-state index in [0.717, 1.165) is 21.7 Å². The van der Waals surface area contributed by atoms with Gasteiger partial charge in [0.1, 0.15) is 5.82 Å². The molecule has 0 aliphatic carbocycles. The Morgan fingerprint density at radius 3 is 2.50 bits per heavy atom. The summed E-state index contributed by atoms with van der Waals surface area (Å²) < 4.78 is 1.02. The molecule has 1 atom stereocenters. The molecular weight excluding hydrogens is 364 g/mol. The van der Waals surface area contributed by atoms with E-state index in [1.54, 1.807) is 0 Å². The van der Waals surface area contributed by atoms with Gasteiger partial charge in [0.05, 0.1) is 6.04 Å². The number of nitrogens with one attached hydrogen (secondary N) is 2. The van der Waals surface area contributed by atoms with Gasteiger partial charge in [0.15, 0.2) is 0 Å². The fourth-order valence-electron chi connectivity index (χ4n) is 2.43. The topological polar surface area (TPSA) is 49.8 Å². The smallest absolute Gasteiger partial charge is 0.225 e. The molecule has 1 aromatic heterocycles. The Hall–Kier alpha value is -2.40. The summed E-state index contributed by atoms with van der Waals surface area (Å²) in [5, 5.41) is 6.68. The van der Waals surface area contributed by atoms with E-state index < -0.39 is 0 Å². The van der Waals surface area contributed by atoms with Crippen LogP contribution in [0.1, 0.15) is 24.2 Å². The first-order valence-corrected chi connectivity index (χ1v) is 8.59. The van der Waals surface area contributed by atoms with E-state index in [0.29, 0.717) is 5.95 Å². The summed E-state index contributed by atoms with van der Waals surface area (Å²) in [7, 11) is 0. The highest BCUT2D eigenvalue weighted by Crippen LogP contribution is 2.22. The Balaban J connectivity index is 1.79. The van der Waals surface area contributed by atoms with Gasteiger partial charge in [-0.2, -0.15) is 4.98 Å². The molecule has 5 heteroatoms. The lowest BCUT2D eigenvalue weighted by Crippen LogP contribution is -2.10. The van der Waals surface area contributed by atoms with E-state index in [2.05, 4.69) is 55.6 Å². The van der Waals surface area contributed by atoms with Crippen LogP contribution in [0.4, 0.5) is 17.5 Å². The van der Waals surface area contributed by atoms with E-state index in [9.17, 15) is 0 Å². The van der Waals surface area contributed by atoms with E-state index in [1.165, 1.54) is 5.56 Å². The predicted octanol–water partition coefficient (Wildman–Crippen LogP) is 5.46. The highest BCUT2D eigenvalue weighted by atomic mass is 79.9. The molecule has 0 spiro atoms. The zero-order valence-electron chi connectivity index (χ0n) is 13.6. The van der Waals surface area contributed by atoms with Gasteiger partial charge in [-0.1, -0.05) is 52.3 Å². The highest BCUT2D eigenvalue weighted by Gasteiger charge is 2.08. The fourth-order valence-corrected chi connectivity index (χ4v) is 2.83. The third-order valence-electron chi connectivity index (χ3n) is 3.60. The van der Waals surface area contributed by atoms with E-state index >= 15 is 0 Å². The number of hydrogen-bond acceptors (Lipinski definition) is 4. The molecule has 3 aromatic rings. The van der Waals surface area contributed by atoms with Crippen LogP contribution in [0.25, 0.3) is 0 Å². The minimum atomic E-state index is 0.131. The molecule has 1 unspecified atom stereocenters. The molecular formula is C19H19BrN4. The van der Waals surface area contributed by atoms with Crippen LogP contribution in [0, 0.1) is 6.92 Å². The monoisotopic (exact) mass is 382 g/mol. The number of aromatic nitrogens is 2. The summed E-state index contributed by atoms with van der Waals surface area (Å²) in [6.45, 7) is 4.06. The summed E-state index contributed by atoms with van der Waals surface area (Å²) in [6.07, 6.45) is 0. The SMILES string of the molecule is Cc1cc(Nc2cccc(Br)c2)nc(NC(C)c2ccccc2)n1. The Bertz CT molecular complexity index is 821. The zero-order valence-corrected chi connectivity index (χ0v) is 15.2. The molecule has 24 heavy (non-hydrogen) atoms. The van der Waals surface area contributed by atoms with Crippen molar-refractivity contribution < 1.29 is 0 Å². The van der Waals surface area contributed by atoms with Crippen molar-refractivity contribution in [2.75, 3.05) is 10.6 Å². The van der Waals surface area contributed by atoms with Crippen molar-refractivity contribution in [3.63, 3.8) is 0 Å². The number of anilines is 3. The van der Waals surface area contributed by atoms with E-state index in [4.69, 9.17) is 0 Å². The van der Waals surface area contributed by atoms with Crippen molar-refractivity contribution in [1.29, 1.82) is 0 Å². The van der Waals surface area contributed by atoms with Gasteiger partial charge in [0.2, 0.25) is 5.95 Å². The average molecular weight is 383 g/mol. The van der Waals surface area contributed by atoms with Crippen LogP contribution >= 0.6 is 15.9 Å². The van der Waals surface area contributed by atoms with Gasteiger partial charge in [0.25, 0.3) is 0 Å². The maximum absolute atomic E-state index is 4.58. The van der Waals surface area contributed by atoms with Gasteiger partial charge in [-0.15, -0.1) is 0 Å². The number of halogens is 1. The Morgan fingerprint density at radius 1 is 0.958 bits per heavy atom. The second-order valence-corrected chi connectivity index (χ2v) is 6.55. The summed E-state index contributed by atoms with van der Waals surface area (Å²) in [5.74, 6) is 1.38. The van der Waals surface area contributed by atoms with Crippen molar-refractivity contribution in [3.05, 3.63) is 76.4 Å². The molecule has 1 heterocycles. The Morgan fingerprint density at radius 2 is 1.75 bits per heavy atom. The van der Waals surface area contributed by atoms with Crippen molar-refractivity contribution in [2.24, 2.45) is 0 Å². The lowest BCUT2D eigenvalue weighted by molar-refractivity contribution is 0.858. The molecule has 0 radical (unpaired) electrons. The molecule has 4 nitrogen and oxygen atoms in total. The molecule has 3 rings (SSSR count). The predicted molar refractivity (Wildman–Crippen MR) is 103 cm³/mol. The number of aryl methyl sites for hydroxylation is 1. The molecule has 0 aliphatic rings. The van der Waals surface area contributed by atoms with Crippen molar-refractivity contribution in [1.82, 2.24) is 9.97 Å². The molecule has 0 saturated carbocycles. The second-order valence-electron chi connectivity index (χ2n) is 5.63. The van der Waals surface area contributed by atoms with Crippen molar-refractivity contribution in [2.45, 2.75) is 19.9 Å². The zero-order chi connectivity index (χ0) is 16.9. The fraction of sp³-hybridized carbons (Fsp3) is 0.158. The molecule has 2 N–H and O–H groups in total. The van der Waals surface area contributed by atoms with Gasteiger partial charge in [0, 0.05) is 21.9 Å². The summed E-state index contributed by atoms with van der Waals surface area (Å²) >= 11 is 3.48. The normalized spacial score (nSPS) is 11.8. The third-order valence-corrected chi connectivity index (χ3v) is 4.09. The molecule has 2 aromatic carbocycles. The molecule has 0 fully saturated rings. The number of benzene rings is 2. The van der Waals surface area contributed by atoms with Crippen LogP contribution in [0.5, 0.6) is 0 Å². The molecule has 0 saturated heterocycles. The first-order chi connectivity index (χ1) is 11.6. The third kappa shape index (κ3) is 4.32. The standard InChI is InChI=1S/C19H19BrN4/c1-13-11-18(23-17-10-6-9-16(20)12-17)24-19(21-13)22-14(2)15-7-4-3-5-8-15/h3-12,14H,1-2H3,(H2,21,22,23,24). The van der Waals surface area contributed by atoms with Gasteiger partial charge in [-0.3, -0.25) is 0 Å². The van der Waals surface area contributed by atoms with Crippen LogP contribution in [0.15, 0.2) is 65.1 Å². The van der Waals surface area contributed by atoms with Crippen molar-refractivity contribution in [3.8, 4) is 0 Å². The second kappa shape index (κ2) is 7.45. The first-order valence-electron chi connectivity index (χ1n) is 7.80. The number of nitrogens with zero attached hydrogens (tertiary/aromatic N) is 2. The van der Waals surface area contributed by atoms with Crippen LogP contribution in [0.3, 0.4) is 0 Å². The van der Waals surface area contributed by atoms with Crippen LogP contribution in [-0.2, 0) is 0 Å². The minimum absolute atomic E-state index is 0.131. The number of rotatable bonds is 5. The lowest BCUT2D eigenvalue weighted by atomic mass is 10.1. The van der Waals surface area contributed by atoms with Crippen molar-refractivity contribution >= 4 is 33.4 Å². The first kappa shape index (κ1) is 16.5. The maximum atomic E-state index is 4.58. The van der Waals surface area contributed by atoms with Gasteiger partial charge < -0.3 is 10.6 Å². The van der Waals surface area contributed by atoms with Crippen LogP contribution in [-0.4, -0.2) is 9.97 Å². The van der Waals surface area contributed by atoms with Crippen LogP contribution in [0.2, 0.25) is 0 Å². The lowest BCUT2D eigenvalue weighted by Gasteiger charge is -2.15. The molecule has 122 valence electrons. The molecule has 0 amide bonds. The summed E-state index contributed by atoms with van der Waals surface area (Å²) in [5.41, 5.74) is 3.08. The minimum Gasteiger partial charge on any atom is -0.348 e. The summed E-state index contributed by atoms with van der Waals surface area (Å²) in [4.78, 5) is 9.06. The quantitative estimate of drug-likeness (QED) is 0.614. The highest BCUT2D eigenvalue weighted by molar-refractivity contribution is 9.10. The van der Waals surface area contributed by atoms with Gasteiger partial charge in [-0.25, -0.2) is 4.98 Å². The van der Waals surface area contributed by atoms with Gasteiger partial charge in [-0.05, 0) is 37.6 Å². The molecule has 0 aliphatic heterocycles. The largest absolute Gasteiger partial charge is 0.348 e. The van der Waals surface area contributed by atoms with E-state index in [-0.39, 0.29) is 6.04 Å². The van der Waals surface area contributed by atoms with Crippen LogP contribution < -0.4 is 10.6 Å². The number of hydrogen-bond donors (Lipinski definition) is 2. The Kier molecular flexibility index (Phi) is 5.11. The van der Waals surface area contributed by atoms with E-state index in [1.807, 2.05) is 55.5 Å². The Labute approximate surface area is 150 Å². The average Bonchev–Trinajstić information content (AvgIpc) is 2.55. The van der Waals surface area contributed by atoms with Gasteiger partial charge >= 0.3 is 0 Å².